The highest BCUT2D eigenvalue weighted by atomic mass is 32.2. The lowest BCUT2D eigenvalue weighted by atomic mass is 9.56. The highest BCUT2D eigenvalue weighted by Gasteiger charge is 2.60. The molecule has 4 rings (SSSR count). The zero-order valence-corrected chi connectivity index (χ0v) is 20.4. The Labute approximate surface area is 207 Å². The third kappa shape index (κ3) is 3.91. The fourth-order valence-electron chi connectivity index (χ4n) is 4.98. The van der Waals surface area contributed by atoms with E-state index >= 15 is 0 Å². The van der Waals surface area contributed by atoms with E-state index in [1.165, 1.54) is 49.6 Å². The van der Waals surface area contributed by atoms with Crippen LogP contribution in [0.3, 0.4) is 0 Å². The molecule has 2 atom stereocenters. The summed E-state index contributed by atoms with van der Waals surface area (Å²) in [7, 11) is -3.56. The Morgan fingerprint density at radius 1 is 1.03 bits per heavy atom. The van der Waals surface area contributed by atoms with E-state index in [-0.39, 0.29) is 27.4 Å². The Hall–Kier alpha value is -3.79. The average molecular weight is 513 g/mol. The molecule has 0 bridgehead atoms. The summed E-state index contributed by atoms with van der Waals surface area (Å²) in [4.78, 5) is 52.4. The fraction of sp³-hybridized carbons (Fsp3) is 0.308. The van der Waals surface area contributed by atoms with Gasteiger partial charge in [-0.1, -0.05) is 25.5 Å². The van der Waals surface area contributed by atoms with Crippen molar-refractivity contribution in [1.82, 2.24) is 0 Å². The van der Waals surface area contributed by atoms with Crippen LogP contribution < -0.4 is 0 Å². The summed E-state index contributed by atoms with van der Waals surface area (Å²) in [5.74, 6) is -6.59. The molecular formula is C26H24O9S. The SMILES string of the molecule is C[C@H]1C(C(=O)O)=C(C(=O)c2ccco2)C=C(c2ccc(S(C)(=O)=O)cc2)C1(C(=O)O)C(=O)C1CCC1. The monoisotopic (exact) mass is 512 g/mol. The second kappa shape index (κ2) is 9.02. The van der Waals surface area contributed by atoms with Crippen LogP contribution >= 0.6 is 0 Å². The predicted molar refractivity (Wildman–Crippen MR) is 127 cm³/mol. The van der Waals surface area contributed by atoms with Crippen molar-refractivity contribution >= 4 is 38.9 Å². The maximum absolute atomic E-state index is 13.8. The highest BCUT2D eigenvalue weighted by Crippen LogP contribution is 2.53. The first-order valence-corrected chi connectivity index (χ1v) is 13.2. The number of ketones is 2. The van der Waals surface area contributed by atoms with Crippen molar-refractivity contribution in [2.24, 2.45) is 17.3 Å². The third-order valence-corrected chi connectivity index (χ3v) is 8.23. The minimum Gasteiger partial charge on any atom is -0.480 e. The van der Waals surface area contributed by atoms with Gasteiger partial charge in [-0.2, -0.15) is 0 Å². The topological polar surface area (TPSA) is 156 Å². The first kappa shape index (κ1) is 25.3. The number of hydrogen-bond acceptors (Lipinski definition) is 7. The maximum Gasteiger partial charge on any atom is 0.332 e. The molecule has 9 nitrogen and oxygen atoms in total. The van der Waals surface area contributed by atoms with Gasteiger partial charge in [0.25, 0.3) is 0 Å². The van der Waals surface area contributed by atoms with E-state index in [9.17, 15) is 37.8 Å². The molecule has 1 saturated carbocycles. The van der Waals surface area contributed by atoms with Gasteiger partial charge in [-0.05, 0) is 54.3 Å². The Morgan fingerprint density at radius 2 is 1.67 bits per heavy atom. The maximum atomic E-state index is 13.8. The Morgan fingerprint density at radius 3 is 2.11 bits per heavy atom. The standard InChI is InChI=1S/C26H24O9S/c1-14-21(24(29)30)18(22(27)20-7-4-12-35-20)13-19(15-8-10-17(11-9-15)36(2,33)34)26(14,25(31)32)23(28)16-5-3-6-16/h4,7-14,16H,3,5-6H2,1-2H3,(H,29,30)(H,31,32)/t14-,26?/m0/s1. The molecule has 1 unspecified atom stereocenters. The van der Waals surface area contributed by atoms with E-state index in [1.54, 1.807) is 0 Å². The molecule has 0 saturated heterocycles. The normalized spacial score (nSPS) is 22.5. The van der Waals surface area contributed by atoms with E-state index in [4.69, 9.17) is 4.42 Å². The Kier molecular flexibility index (Phi) is 6.34. The number of carbonyl (C=O) groups is 4. The number of sulfone groups is 1. The first-order chi connectivity index (χ1) is 16.9. The van der Waals surface area contributed by atoms with Crippen molar-refractivity contribution < 1.29 is 42.2 Å². The summed E-state index contributed by atoms with van der Waals surface area (Å²) in [5.41, 5.74) is -2.97. The molecule has 1 fully saturated rings. The van der Waals surface area contributed by atoms with E-state index < -0.39 is 56.2 Å². The summed E-state index contributed by atoms with van der Waals surface area (Å²) < 4.78 is 29.1. The van der Waals surface area contributed by atoms with Crippen molar-refractivity contribution in [3.05, 3.63) is 71.2 Å². The number of hydrogen-bond donors (Lipinski definition) is 2. The lowest BCUT2D eigenvalue weighted by Gasteiger charge is -2.43. The van der Waals surface area contributed by atoms with Crippen LogP contribution in [0.25, 0.3) is 5.57 Å². The molecule has 2 N–H and O–H groups in total. The molecule has 2 aromatic rings. The van der Waals surface area contributed by atoms with Crippen LogP contribution in [0.4, 0.5) is 0 Å². The number of carbonyl (C=O) groups excluding carboxylic acids is 2. The number of allylic oxidation sites excluding steroid dienone is 2. The number of carboxylic acid groups (broad SMARTS) is 2. The van der Waals surface area contributed by atoms with Gasteiger partial charge in [-0.15, -0.1) is 0 Å². The second-order valence-corrected chi connectivity index (χ2v) is 11.1. The van der Waals surface area contributed by atoms with Crippen LogP contribution in [0.15, 0.2) is 69.2 Å². The van der Waals surface area contributed by atoms with Gasteiger partial charge in [0.15, 0.2) is 26.8 Å². The van der Waals surface area contributed by atoms with Gasteiger partial charge in [0.1, 0.15) is 0 Å². The molecule has 1 aromatic carbocycles. The van der Waals surface area contributed by atoms with Crippen LogP contribution in [-0.2, 0) is 24.2 Å². The van der Waals surface area contributed by atoms with Gasteiger partial charge in [0, 0.05) is 23.7 Å². The van der Waals surface area contributed by atoms with Gasteiger partial charge < -0.3 is 14.6 Å². The van der Waals surface area contributed by atoms with Gasteiger partial charge in [-0.25, -0.2) is 13.2 Å². The number of rotatable bonds is 8. The van der Waals surface area contributed by atoms with Crippen molar-refractivity contribution in [3.8, 4) is 0 Å². The van der Waals surface area contributed by atoms with E-state index in [2.05, 4.69) is 0 Å². The van der Waals surface area contributed by atoms with Crippen LogP contribution in [-0.4, -0.2) is 48.4 Å². The molecule has 0 radical (unpaired) electrons. The van der Waals surface area contributed by atoms with E-state index in [0.29, 0.717) is 12.8 Å². The summed E-state index contributed by atoms with van der Waals surface area (Å²) in [6.07, 6.45) is 5.10. The molecule has 2 aliphatic rings. The zero-order chi connectivity index (χ0) is 26.4. The fourth-order valence-corrected chi connectivity index (χ4v) is 5.62. The Balaban J connectivity index is 2.03. The quantitative estimate of drug-likeness (QED) is 0.399. The van der Waals surface area contributed by atoms with Crippen LogP contribution in [0, 0.1) is 17.3 Å². The smallest absolute Gasteiger partial charge is 0.332 e. The van der Waals surface area contributed by atoms with E-state index in [0.717, 1.165) is 18.8 Å². The molecule has 188 valence electrons. The molecule has 0 spiro atoms. The van der Waals surface area contributed by atoms with Crippen molar-refractivity contribution in [2.75, 3.05) is 6.26 Å². The van der Waals surface area contributed by atoms with Gasteiger partial charge in [0.2, 0.25) is 5.78 Å². The predicted octanol–water partition coefficient (Wildman–Crippen LogP) is 3.42. The zero-order valence-electron chi connectivity index (χ0n) is 19.6. The summed E-state index contributed by atoms with van der Waals surface area (Å²) in [5, 5.41) is 20.6. The van der Waals surface area contributed by atoms with Crippen LogP contribution in [0.1, 0.15) is 42.3 Å². The molecule has 1 heterocycles. The van der Waals surface area contributed by atoms with Crippen molar-refractivity contribution in [3.63, 3.8) is 0 Å². The van der Waals surface area contributed by atoms with Crippen molar-refractivity contribution in [1.29, 1.82) is 0 Å². The minimum absolute atomic E-state index is 0.0180. The molecule has 1 aromatic heterocycles. The summed E-state index contributed by atoms with van der Waals surface area (Å²) >= 11 is 0. The molecule has 0 amide bonds. The van der Waals surface area contributed by atoms with E-state index in [1.807, 2.05) is 0 Å². The summed E-state index contributed by atoms with van der Waals surface area (Å²) in [6, 6.07) is 8.09. The number of Topliss-reactive ketones (excluding diaryl/α,β-unsaturated/α-hetero) is 2. The largest absolute Gasteiger partial charge is 0.480 e. The van der Waals surface area contributed by atoms with Gasteiger partial charge >= 0.3 is 11.9 Å². The first-order valence-electron chi connectivity index (χ1n) is 11.3. The van der Waals surface area contributed by atoms with Gasteiger partial charge in [-0.3, -0.25) is 14.4 Å². The molecular weight excluding hydrogens is 488 g/mol. The lowest BCUT2D eigenvalue weighted by Crippen LogP contribution is -2.52. The van der Waals surface area contributed by atoms with Gasteiger partial charge in [0.05, 0.1) is 16.7 Å². The number of furan rings is 1. The van der Waals surface area contributed by atoms with Crippen LogP contribution in [0.5, 0.6) is 0 Å². The number of benzene rings is 1. The average Bonchev–Trinajstić information content (AvgIpc) is 3.30. The van der Waals surface area contributed by atoms with Crippen LogP contribution in [0.2, 0.25) is 0 Å². The molecule has 36 heavy (non-hydrogen) atoms. The number of carboxylic acids is 2. The summed E-state index contributed by atoms with van der Waals surface area (Å²) in [6.45, 7) is 1.32. The molecule has 0 aliphatic heterocycles. The third-order valence-electron chi connectivity index (χ3n) is 7.10. The highest BCUT2D eigenvalue weighted by molar-refractivity contribution is 7.90. The molecule has 10 heteroatoms. The lowest BCUT2D eigenvalue weighted by molar-refractivity contribution is -0.156. The molecule has 2 aliphatic carbocycles. The van der Waals surface area contributed by atoms with Crippen molar-refractivity contribution in [2.45, 2.75) is 31.1 Å². The Bertz CT molecular complexity index is 1420. The minimum atomic E-state index is -3.56. The second-order valence-electron chi connectivity index (χ2n) is 9.12. The number of aliphatic carboxylic acids is 2.